The molecule has 114 valence electrons. The van der Waals surface area contributed by atoms with E-state index < -0.39 is 54.3 Å². The first kappa shape index (κ1) is 33.3. The predicted octanol–water partition coefficient (Wildman–Crippen LogP) is -4.71. The molecule has 1 heterocycles. The maximum atomic E-state index is 11.2. The van der Waals surface area contributed by atoms with E-state index in [4.69, 9.17) is 4.55 Å². The summed E-state index contributed by atoms with van der Waals surface area (Å²) in [6, 6.07) is 0. The Morgan fingerprint density at radius 1 is 0.957 bits per heavy atom. The van der Waals surface area contributed by atoms with Gasteiger partial charge in [0, 0.05) is 118 Å². The Labute approximate surface area is 220 Å². The summed E-state index contributed by atoms with van der Waals surface area (Å²) in [5.41, 5.74) is 0. The van der Waals surface area contributed by atoms with Crippen LogP contribution in [0.5, 0.6) is 0 Å². The van der Waals surface area contributed by atoms with E-state index in [-0.39, 0.29) is 118 Å². The molecule has 1 unspecified atom stereocenters. The molecule has 0 bridgehead atoms. The molecular weight excluding hydrogens is 426 g/mol. The van der Waals surface area contributed by atoms with Crippen LogP contribution in [0.25, 0.3) is 0 Å². The summed E-state index contributed by atoms with van der Waals surface area (Å²) in [4.78, 5) is 22.2. The third-order valence-corrected chi connectivity index (χ3v) is 5.07. The zero-order valence-corrected chi connectivity index (χ0v) is 23.0. The largest absolute Gasteiger partial charge is 0.401 e. The van der Waals surface area contributed by atoms with E-state index in [9.17, 15) is 34.8 Å². The quantitative estimate of drug-likeness (QED) is 0.300. The van der Waals surface area contributed by atoms with Crippen LogP contribution >= 0.6 is 0 Å². The van der Waals surface area contributed by atoms with Gasteiger partial charge in [0.1, 0.15) is 0 Å². The van der Waals surface area contributed by atoms with Gasteiger partial charge in [-0.3, -0.25) is 9.35 Å². The zero-order chi connectivity index (χ0) is 15.1. The number of carbonyl (C=O) groups excluding carboxylic acids is 2. The first-order chi connectivity index (χ1) is 8.32. The van der Waals surface area contributed by atoms with Crippen molar-refractivity contribution in [1.29, 1.82) is 0 Å². The Balaban J connectivity index is -0.000000451. The summed E-state index contributed by atoms with van der Waals surface area (Å²) in [5, 5.41) is -2.63. The van der Waals surface area contributed by atoms with Gasteiger partial charge in [-0.2, -0.15) is 25.3 Å². The Morgan fingerprint density at radius 3 is 1.74 bits per heavy atom. The molecule has 12 nitrogen and oxygen atoms in total. The average molecular weight is 431 g/mol. The normalized spacial score (nSPS) is 22.6. The molecule has 0 aliphatic carbocycles. The van der Waals surface area contributed by atoms with E-state index in [0.717, 1.165) is 0 Å². The standard InChI is InChI=1S/C4H5NO11S3.4Na/c6-3-1-2(17(8,9)10)4(7)16-19(13,14)5-18(11,12)15-3;;;;/h2,5H,1H2,(H,8,9,10);;;;. The smallest absolute Gasteiger partial charge is 0.333 e. The fourth-order valence-electron chi connectivity index (χ4n) is 0.939. The minimum atomic E-state index is -5.28. The van der Waals surface area contributed by atoms with Crippen LogP contribution in [-0.4, -0.2) is 165 Å². The fourth-order valence-corrected chi connectivity index (χ4v) is 3.56. The molecule has 1 aliphatic heterocycles. The Hall–Kier alpha value is 2.71. The van der Waals surface area contributed by atoms with Crippen LogP contribution in [-0.2, 0) is 48.7 Å². The van der Waals surface area contributed by atoms with E-state index in [0.29, 0.717) is 4.13 Å². The van der Waals surface area contributed by atoms with E-state index >= 15 is 0 Å². The van der Waals surface area contributed by atoms with Gasteiger partial charge in [-0.25, -0.2) is 4.79 Å². The van der Waals surface area contributed by atoms with Gasteiger partial charge in [0.25, 0.3) is 10.1 Å². The maximum Gasteiger partial charge on any atom is 0.401 e. The molecule has 1 fully saturated rings. The first-order valence-electron chi connectivity index (χ1n) is 4.03. The monoisotopic (exact) mass is 431 g/mol. The summed E-state index contributed by atoms with van der Waals surface area (Å²) in [6.45, 7) is 0. The molecule has 4 radical (unpaired) electrons. The van der Waals surface area contributed by atoms with Crippen molar-refractivity contribution in [3.63, 3.8) is 0 Å². The topological polar surface area (TPSA) is 187 Å². The molecule has 0 aromatic carbocycles. The summed E-state index contributed by atoms with van der Waals surface area (Å²) < 4.78 is 81.9. The summed E-state index contributed by atoms with van der Waals surface area (Å²) in [6.07, 6.45) is -1.45. The van der Waals surface area contributed by atoms with Crippen LogP contribution in [0.2, 0.25) is 0 Å². The fraction of sp³-hybridized carbons (Fsp3) is 0.500. The molecule has 23 heavy (non-hydrogen) atoms. The second-order valence-corrected chi connectivity index (χ2v) is 7.47. The van der Waals surface area contributed by atoms with Gasteiger partial charge in [-0.15, -0.1) is 0 Å². The Kier molecular flexibility index (Phi) is 17.7. The SMILES string of the molecule is O=C1CC(S(=O)(=O)O)C(=O)OS(=O)(=O)NS(=O)(=O)O1.[Na].[Na].[Na].[Na]. The molecule has 0 spiro atoms. The van der Waals surface area contributed by atoms with Gasteiger partial charge in [0.15, 0.2) is 5.25 Å². The second kappa shape index (κ2) is 12.2. The van der Waals surface area contributed by atoms with E-state index in [2.05, 4.69) is 8.37 Å². The average Bonchev–Trinajstić information content (AvgIpc) is 2.09. The molecule has 2 N–H and O–H groups in total. The Bertz CT molecular complexity index is 727. The molecule has 1 saturated heterocycles. The number of rotatable bonds is 1. The van der Waals surface area contributed by atoms with Gasteiger partial charge in [-0.05, 0) is 4.13 Å². The third-order valence-electron chi connectivity index (χ3n) is 1.57. The Morgan fingerprint density at radius 2 is 1.35 bits per heavy atom. The van der Waals surface area contributed by atoms with Crippen LogP contribution in [0.3, 0.4) is 0 Å². The minimum absolute atomic E-state index is 0. The van der Waals surface area contributed by atoms with Crippen molar-refractivity contribution < 1.29 is 47.8 Å². The molecule has 19 heteroatoms. The second-order valence-electron chi connectivity index (χ2n) is 3.06. The van der Waals surface area contributed by atoms with E-state index in [1.54, 1.807) is 0 Å². The predicted molar refractivity (Wildman–Crippen MR) is 76.1 cm³/mol. The first-order valence-corrected chi connectivity index (χ1v) is 8.35. The van der Waals surface area contributed by atoms with Crippen LogP contribution in [0.15, 0.2) is 0 Å². The van der Waals surface area contributed by atoms with Gasteiger partial charge < -0.3 is 8.37 Å². The minimum Gasteiger partial charge on any atom is -0.333 e. The molecule has 1 rings (SSSR count). The van der Waals surface area contributed by atoms with Crippen LogP contribution in [0.1, 0.15) is 6.42 Å². The number of hydrogen-bond acceptors (Lipinski definition) is 10. The summed E-state index contributed by atoms with van der Waals surface area (Å²) >= 11 is 0. The molecule has 0 saturated carbocycles. The van der Waals surface area contributed by atoms with Crippen molar-refractivity contribution in [3.05, 3.63) is 0 Å². The van der Waals surface area contributed by atoms with Crippen LogP contribution in [0.4, 0.5) is 0 Å². The zero-order valence-electron chi connectivity index (χ0n) is 12.5. The summed E-state index contributed by atoms with van der Waals surface area (Å²) in [5.74, 6) is -3.85. The van der Waals surface area contributed by atoms with Crippen molar-refractivity contribution in [2.24, 2.45) is 0 Å². The van der Waals surface area contributed by atoms with Gasteiger partial charge in [-0.1, -0.05) is 0 Å². The molecule has 0 aromatic rings. The number of nitrogens with one attached hydrogen (secondary N) is 1. The van der Waals surface area contributed by atoms with E-state index in [1.807, 2.05) is 0 Å². The molecule has 1 atom stereocenters. The third kappa shape index (κ3) is 11.9. The van der Waals surface area contributed by atoms with E-state index in [1.165, 1.54) is 0 Å². The number of hydrogen-bond donors (Lipinski definition) is 2. The van der Waals surface area contributed by atoms with Crippen LogP contribution in [0, 0.1) is 0 Å². The van der Waals surface area contributed by atoms with Gasteiger partial charge in [0.2, 0.25) is 0 Å². The van der Waals surface area contributed by atoms with Crippen molar-refractivity contribution >= 4 is 161 Å². The van der Waals surface area contributed by atoms with Crippen molar-refractivity contribution in [3.8, 4) is 0 Å². The summed E-state index contributed by atoms with van der Waals surface area (Å²) in [7, 11) is -15.6. The maximum absolute atomic E-state index is 11.2. The van der Waals surface area contributed by atoms with Crippen LogP contribution < -0.4 is 4.13 Å². The van der Waals surface area contributed by atoms with Crippen molar-refractivity contribution in [2.45, 2.75) is 11.7 Å². The molecular formula is C4H5NNa4O11S3. The van der Waals surface area contributed by atoms with Gasteiger partial charge >= 0.3 is 32.5 Å². The molecule has 0 amide bonds. The van der Waals surface area contributed by atoms with Crippen molar-refractivity contribution in [1.82, 2.24) is 4.13 Å². The molecule has 1 aliphatic rings. The number of carbonyl (C=O) groups is 2. The van der Waals surface area contributed by atoms with Gasteiger partial charge in [0.05, 0.1) is 6.42 Å². The molecule has 0 aromatic heterocycles. The van der Waals surface area contributed by atoms with Crippen molar-refractivity contribution in [2.75, 3.05) is 0 Å².